The number of hydrogen-bond acceptors (Lipinski definition) is 6. The molecule has 2 aromatic rings. The van der Waals surface area contributed by atoms with E-state index < -0.39 is 11.2 Å². The van der Waals surface area contributed by atoms with Gasteiger partial charge in [0.1, 0.15) is 0 Å². The van der Waals surface area contributed by atoms with Crippen molar-refractivity contribution in [3.8, 4) is 11.4 Å². The van der Waals surface area contributed by atoms with Crippen molar-refractivity contribution in [2.75, 3.05) is 5.84 Å². The number of aromatic nitrogens is 3. The summed E-state index contributed by atoms with van der Waals surface area (Å²) in [6.07, 6.45) is 0. The molecule has 0 spiro atoms. The first kappa shape index (κ1) is 12.4. The van der Waals surface area contributed by atoms with Crippen LogP contribution in [0.2, 0.25) is 0 Å². The molecule has 1 aromatic heterocycles. The second kappa shape index (κ2) is 5.09. The van der Waals surface area contributed by atoms with E-state index in [0.717, 1.165) is 17.3 Å². The van der Waals surface area contributed by atoms with Crippen molar-refractivity contribution in [1.82, 2.24) is 14.9 Å². The molecule has 2 N–H and O–H groups in total. The van der Waals surface area contributed by atoms with Gasteiger partial charge in [0.2, 0.25) is 5.16 Å². The largest absolute Gasteiger partial charge is 0.549 e. The van der Waals surface area contributed by atoms with Crippen molar-refractivity contribution in [1.29, 1.82) is 0 Å². The van der Waals surface area contributed by atoms with Gasteiger partial charge in [0.25, 0.3) is 0 Å². The van der Waals surface area contributed by atoms with Gasteiger partial charge in [-0.3, -0.25) is 0 Å². The number of carbonyl (C=O) groups excluding carboxylic acids is 1. The molecule has 0 radical (unpaired) electrons. The van der Waals surface area contributed by atoms with Crippen molar-refractivity contribution in [3.05, 3.63) is 30.3 Å². The fraction of sp³-hybridized carbons (Fsp3) is 0.182. The van der Waals surface area contributed by atoms with Gasteiger partial charge < -0.3 is 15.7 Å². The number of nitrogens with two attached hydrogens (primary N) is 1. The van der Waals surface area contributed by atoms with Crippen LogP contribution in [0.4, 0.5) is 0 Å². The van der Waals surface area contributed by atoms with E-state index in [4.69, 9.17) is 5.84 Å². The maximum absolute atomic E-state index is 10.7. The van der Waals surface area contributed by atoms with E-state index in [9.17, 15) is 9.90 Å². The SMILES string of the molecule is C[C@H](Sc1nnc(-c2ccccc2)n1N)C(=O)[O-]. The van der Waals surface area contributed by atoms with Crippen LogP contribution in [0.15, 0.2) is 35.5 Å². The molecule has 0 unspecified atom stereocenters. The minimum Gasteiger partial charge on any atom is -0.549 e. The maximum Gasteiger partial charge on any atom is 0.210 e. The highest BCUT2D eigenvalue weighted by atomic mass is 32.2. The molecule has 7 heteroatoms. The molecule has 1 heterocycles. The van der Waals surface area contributed by atoms with Crippen LogP contribution in [0, 0.1) is 0 Å². The van der Waals surface area contributed by atoms with Gasteiger partial charge in [0, 0.05) is 10.8 Å². The van der Waals surface area contributed by atoms with Gasteiger partial charge in [0.05, 0.1) is 5.97 Å². The number of hydrogen-bond donors (Lipinski definition) is 1. The Morgan fingerprint density at radius 2 is 2.06 bits per heavy atom. The van der Waals surface area contributed by atoms with E-state index in [1.54, 1.807) is 0 Å². The van der Waals surface area contributed by atoms with Gasteiger partial charge in [-0.15, -0.1) is 10.2 Å². The molecule has 0 bridgehead atoms. The van der Waals surface area contributed by atoms with Gasteiger partial charge in [-0.2, -0.15) is 0 Å². The fourth-order valence-electron chi connectivity index (χ4n) is 1.35. The number of nitrogen functional groups attached to an aromatic ring is 1. The molecule has 6 nitrogen and oxygen atoms in total. The van der Waals surface area contributed by atoms with Crippen molar-refractivity contribution >= 4 is 17.7 Å². The smallest absolute Gasteiger partial charge is 0.210 e. The highest BCUT2D eigenvalue weighted by Crippen LogP contribution is 2.24. The summed E-state index contributed by atoms with van der Waals surface area (Å²) in [5.74, 6) is 5.17. The number of carbonyl (C=O) groups is 1. The first-order valence-electron chi connectivity index (χ1n) is 5.23. The van der Waals surface area contributed by atoms with E-state index >= 15 is 0 Å². The third-order valence-corrected chi connectivity index (χ3v) is 3.35. The second-order valence-corrected chi connectivity index (χ2v) is 4.93. The molecule has 0 aliphatic heterocycles. The molecule has 0 aliphatic rings. The molecule has 0 saturated carbocycles. The Labute approximate surface area is 108 Å². The Bertz CT molecular complexity index is 555. The standard InChI is InChI=1S/C11H12N4O2S/c1-7(10(16)17)18-11-14-13-9(15(11)12)8-5-3-2-4-6-8/h2-7H,12H2,1H3,(H,16,17)/p-1/t7-/m0/s1. The Kier molecular flexibility index (Phi) is 3.52. The van der Waals surface area contributed by atoms with Crippen LogP contribution in [-0.4, -0.2) is 26.1 Å². The first-order valence-corrected chi connectivity index (χ1v) is 6.11. The van der Waals surface area contributed by atoms with Gasteiger partial charge in [-0.25, -0.2) is 4.68 Å². The molecular formula is C11H11N4O2S-. The third-order valence-electron chi connectivity index (χ3n) is 2.31. The lowest BCUT2D eigenvalue weighted by Gasteiger charge is -2.10. The summed E-state index contributed by atoms with van der Waals surface area (Å²) < 4.78 is 1.28. The summed E-state index contributed by atoms with van der Waals surface area (Å²) in [6, 6.07) is 9.31. The molecule has 1 aromatic carbocycles. The quantitative estimate of drug-likeness (QED) is 0.610. The zero-order chi connectivity index (χ0) is 13.1. The molecule has 0 saturated heterocycles. The Hall–Kier alpha value is -2.02. The molecule has 18 heavy (non-hydrogen) atoms. The number of carboxylic acids is 1. The molecule has 2 rings (SSSR count). The van der Waals surface area contributed by atoms with Crippen molar-refractivity contribution in [2.45, 2.75) is 17.3 Å². The van der Waals surface area contributed by atoms with E-state index in [0.29, 0.717) is 11.0 Å². The average molecular weight is 263 g/mol. The van der Waals surface area contributed by atoms with Crippen molar-refractivity contribution < 1.29 is 9.90 Å². The van der Waals surface area contributed by atoms with Crippen molar-refractivity contribution in [3.63, 3.8) is 0 Å². The highest BCUT2D eigenvalue weighted by Gasteiger charge is 2.15. The summed E-state index contributed by atoms with van der Waals surface area (Å²) in [6.45, 7) is 1.51. The van der Waals surface area contributed by atoms with E-state index in [1.165, 1.54) is 11.6 Å². The summed E-state index contributed by atoms with van der Waals surface area (Å²) >= 11 is 0.996. The lowest BCUT2D eigenvalue weighted by atomic mass is 10.2. The van der Waals surface area contributed by atoms with Crippen LogP contribution in [0.1, 0.15) is 6.92 Å². The lowest BCUT2D eigenvalue weighted by molar-refractivity contribution is -0.304. The van der Waals surface area contributed by atoms with E-state index in [1.807, 2.05) is 30.3 Å². The minimum absolute atomic E-state index is 0.338. The van der Waals surface area contributed by atoms with Gasteiger partial charge in [-0.1, -0.05) is 42.1 Å². The van der Waals surface area contributed by atoms with Gasteiger partial charge in [0.15, 0.2) is 5.82 Å². The Morgan fingerprint density at radius 3 is 2.67 bits per heavy atom. The number of carboxylic acid groups (broad SMARTS) is 1. The molecule has 0 aliphatic carbocycles. The number of thioether (sulfide) groups is 1. The van der Waals surface area contributed by atoms with Crippen LogP contribution in [0.25, 0.3) is 11.4 Å². The number of benzene rings is 1. The van der Waals surface area contributed by atoms with Crippen LogP contribution >= 0.6 is 11.8 Å². The zero-order valence-corrected chi connectivity index (χ0v) is 10.4. The summed E-state index contributed by atoms with van der Waals surface area (Å²) in [5.41, 5.74) is 0.820. The molecule has 1 atom stereocenters. The lowest BCUT2D eigenvalue weighted by Crippen LogP contribution is -2.31. The van der Waals surface area contributed by atoms with E-state index in [-0.39, 0.29) is 0 Å². The maximum atomic E-state index is 10.7. The van der Waals surface area contributed by atoms with Crippen LogP contribution in [0.5, 0.6) is 0 Å². The number of aliphatic carboxylic acids is 1. The summed E-state index contributed by atoms with van der Waals surface area (Å²) in [4.78, 5) is 10.7. The molecule has 0 amide bonds. The van der Waals surface area contributed by atoms with Gasteiger partial charge in [-0.05, 0) is 6.92 Å². The monoisotopic (exact) mass is 263 g/mol. The molecular weight excluding hydrogens is 252 g/mol. The zero-order valence-electron chi connectivity index (χ0n) is 9.61. The Balaban J connectivity index is 2.27. The fourth-order valence-corrected chi connectivity index (χ4v) is 2.05. The van der Waals surface area contributed by atoms with E-state index in [2.05, 4.69) is 10.2 Å². The number of nitrogens with zero attached hydrogens (tertiary/aromatic N) is 3. The summed E-state index contributed by atoms with van der Waals surface area (Å²) in [7, 11) is 0. The van der Waals surface area contributed by atoms with Crippen LogP contribution in [-0.2, 0) is 4.79 Å². The topological polar surface area (TPSA) is 96.9 Å². The highest BCUT2D eigenvalue weighted by molar-refractivity contribution is 8.00. The normalized spacial score (nSPS) is 12.3. The van der Waals surface area contributed by atoms with Crippen molar-refractivity contribution in [2.24, 2.45) is 0 Å². The predicted molar refractivity (Wildman–Crippen MR) is 65.9 cm³/mol. The average Bonchev–Trinajstić information content (AvgIpc) is 2.72. The van der Waals surface area contributed by atoms with Crippen LogP contribution < -0.4 is 10.9 Å². The molecule has 0 fully saturated rings. The third kappa shape index (κ3) is 2.45. The molecule has 94 valence electrons. The summed E-state index contributed by atoms with van der Waals surface area (Å²) in [5, 5.41) is 18.1. The minimum atomic E-state index is -1.16. The van der Waals surface area contributed by atoms with Gasteiger partial charge >= 0.3 is 0 Å². The number of rotatable bonds is 4. The van der Waals surface area contributed by atoms with Crippen LogP contribution in [0.3, 0.4) is 0 Å². The first-order chi connectivity index (χ1) is 8.59. The second-order valence-electron chi connectivity index (χ2n) is 3.62. The Morgan fingerprint density at radius 1 is 1.39 bits per heavy atom. The predicted octanol–water partition coefficient (Wildman–Crippen LogP) is -0.111.